The van der Waals surface area contributed by atoms with Crippen LogP contribution in [0.25, 0.3) is 16.8 Å². The van der Waals surface area contributed by atoms with Crippen LogP contribution in [0.2, 0.25) is 0 Å². The summed E-state index contributed by atoms with van der Waals surface area (Å²) in [5.41, 5.74) is 1.76. The van der Waals surface area contributed by atoms with Crippen LogP contribution in [-0.2, 0) is 14.3 Å². The zero-order valence-corrected chi connectivity index (χ0v) is 19.4. The van der Waals surface area contributed by atoms with Crippen LogP contribution in [0.4, 0.5) is 0 Å². The fourth-order valence-electron chi connectivity index (χ4n) is 3.00. The van der Waals surface area contributed by atoms with Gasteiger partial charge < -0.3 is 9.47 Å². The number of esters is 2. The Morgan fingerprint density at radius 1 is 1.07 bits per heavy atom. The van der Waals surface area contributed by atoms with Gasteiger partial charge in [0.25, 0.3) is 0 Å². The van der Waals surface area contributed by atoms with E-state index >= 15 is 0 Å². The molecule has 0 saturated carbocycles. The molecule has 3 aromatic rings. The monoisotopic (exact) mass is 609 g/mol. The summed E-state index contributed by atoms with van der Waals surface area (Å²) in [6.45, 7) is 1.36. The number of carbonyl (C=O) groups is 2. The molecule has 0 spiro atoms. The van der Waals surface area contributed by atoms with Gasteiger partial charge in [-0.25, -0.2) is 9.79 Å². The first-order chi connectivity index (χ1) is 13.9. The molecule has 0 atom stereocenters. The van der Waals surface area contributed by atoms with E-state index in [-0.39, 0.29) is 11.7 Å². The van der Waals surface area contributed by atoms with E-state index in [0.29, 0.717) is 11.6 Å². The minimum Gasteiger partial charge on any atom is -0.424 e. The van der Waals surface area contributed by atoms with Gasteiger partial charge in [0.2, 0.25) is 5.90 Å². The van der Waals surface area contributed by atoms with Gasteiger partial charge in [-0.1, -0.05) is 36.4 Å². The van der Waals surface area contributed by atoms with Gasteiger partial charge in [0.1, 0.15) is 0 Å². The van der Waals surface area contributed by atoms with E-state index in [1.807, 2.05) is 54.6 Å². The van der Waals surface area contributed by atoms with Gasteiger partial charge >= 0.3 is 11.9 Å². The first-order valence-electron chi connectivity index (χ1n) is 8.60. The van der Waals surface area contributed by atoms with Gasteiger partial charge in [0.15, 0.2) is 11.4 Å². The Morgan fingerprint density at radius 2 is 1.76 bits per heavy atom. The molecule has 3 aromatic carbocycles. The summed E-state index contributed by atoms with van der Waals surface area (Å²) in [6, 6.07) is 17.3. The highest BCUT2D eigenvalue weighted by Crippen LogP contribution is 2.31. The summed E-state index contributed by atoms with van der Waals surface area (Å²) >= 11 is 4.19. The van der Waals surface area contributed by atoms with Crippen molar-refractivity contribution in [1.29, 1.82) is 0 Å². The quantitative estimate of drug-likeness (QED) is 0.175. The summed E-state index contributed by atoms with van der Waals surface area (Å²) in [6.07, 6.45) is 1.67. The molecule has 4 rings (SSSR count). The number of nitrogens with zero attached hydrogens (tertiary/aromatic N) is 1. The number of halogens is 2. The van der Waals surface area contributed by atoms with Gasteiger partial charge in [-0.15, -0.1) is 0 Å². The van der Waals surface area contributed by atoms with Crippen molar-refractivity contribution in [2.45, 2.75) is 6.92 Å². The maximum absolute atomic E-state index is 12.4. The lowest BCUT2D eigenvalue weighted by Gasteiger charge is -2.08. The zero-order valence-electron chi connectivity index (χ0n) is 15.1. The zero-order chi connectivity index (χ0) is 20.5. The standard InChI is InChI=1S/C22H13I2NO4/c1-12(26)28-20-17(23)9-13(10-18(20)24)11-19-22(27)29-21(25-19)16-8-4-6-14-5-2-3-7-15(14)16/h2-11H,1H3. The number of aliphatic imine (C=N–C) groups is 1. The Morgan fingerprint density at radius 3 is 2.48 bits per heavy atom. The first-order valence-corrected chi connectivity index (χ1v) is 10.8. The SMILES string of the molecule is CC(=O)Oc1c(I)cc(C=C2N=C(c3cccc4ccccc34)OC2=O)cc1I. The molecule has 7 heteroatoms. The second kappa shape index (κ2) is 8.23. The van der Waals surface area contributed by atoms with Crippen LogP contribution in [-0.4, -0.2) is 17.8 Å². The molecule has 29 heavy (non-hydrogen) atoms. The molecule has 0 saturated heterocycles. The smallest absolute Gasteiger partial charge is 0.363 e. The van der Waals surface area contributed by atoms with Gasteiger partial charge in [-0.2, -0.15) is 0 Å². The number of cyclic esters (lactones) is 1. The van der Waals surface area contributed by atoms with E-state index in [1.165, 1.54) is 6.92 Å². The number of rotatable bonds is 3. The van der Waals surface area contributed by atoms with Crippen molar-refractivity contribution in [1.82, 2.24) is 0 Å². The number of hydrogen-bond acceptors (Lipinski definition) is 5. The van der Waals surface area contributed by atoms with Crippen molar-refractivity contribution in [2.75, 3.05) is 0 Å². The van der Waals surface area contributed by atoms with E-state index in [4.69, 9.17) is 9.47 Å². The van der Waals surface area contributed by atoms with Crippen LogP contribution in [0.1, 0.15) is 18.1 Å². The predicted octanol–water partition coefficient (Wildman–Crippen LogP) is 5.32. The summed E-state index contributed by atoms with van der Waals surface area (Å²) < 4.78 is 12.2. The molecule has 1 aliphatic rings. The topological polar surface area (TPSA) is 65.0 Å². The Bertz CT molecular complexity index is 1200. The number of ether oxygens (including phenoxy) is 2. The first kappa shape index (κ1) is 20.0. The molecule has 0 aliphatic carbocycles. The third-order valence-electron chi connectivity index (χ3n) is 4.21. The van der Waals surface area contributed by atoms with Crippen molar-refractivity contribution in [3.05, 3.63) is 78.6 Å². The Balaban J connectivity index is 1.73. The molecule has 0 unspecified atom stereocenters. The van der Waals surface area contributed by atoms with Crippen molar-refractivity contribution in [2.24, 2.45) is 4.99 Å². The minimum absolute atomic E-state index is 0.222. The number of carbonyl (C=O) groups excluding carboxylic acids is 2. The molecule has 0 fully saturated rings. The summed E-state index contributed by atoms with van der Waals surface area (Å²) in [5.74, 6) is -0.0774. The average Bonchev–Trinajstić information content (AvgIpc) is 3.04. The third kappa shape index (κ3) is 4.20. The van der Waals surface area contributed by atoms with Crippen LogP contribution < -0.4 is 4.74 Å². The fraction of sp³-hybridized carbons (Fsp3) is 0.0455. The maximum atomic E-state index is 12.4. The van der Waals surface area contributed by atoms with Crippen LogP contribution in [0.3, 0.4) is 0 Å². The molecular formula is C22H13I2NO4. The van der Waals surface area contributed by atoms with E-state index in [0.717, 1.165) is 29.0 Å². The van der Waals surface area contributed by atoms with Crippen LogP contribution in [0.15, 0.2) is 65.3 Å². The Labute approximate surface area is 194 Å². The molecular weight excluding hydrogens is 596 g/mol. The number of fused-ring (bicyclic) bond motifs is 1. The second-order valence-electron chi connectivity index (χ2n) is 6.27. The van der Waals surface area contributed by atoms with Gasteiger partial charge in [0, 0.05) is 12.5 Å². The maximum Gasteiger partial charge on any atom is 0.363 e. The van der Waals surface area contributed by atoms with Crippen molar-refractivity contribution in [3.63, 3.8) is 0 Å². The Hall–Kier alpha value is -2.27. The molecule has 0 N–H and O–H groups in total. The predicted molar refractivity (Wildman–Crippen MR) is 128 cm³/mol. The van der Waals surface area contributed by atoms with Gasteiger partial charge in [-0.3, -0.25) is 4.79 Å². The molecule has 0 radical (unpaired) electrons. The summed E-state index contributed by atoms with van der Waals surface area (Å²) in [7, 11) is 0. The minimum atomic E-state index is -0.498. The van der Waals surface area contributed by atoms with Crippen LogP contribution >= 0.6 is 45.2 Å². The van der Waals surface area contributed by atoms with E-state index in [1.54, 1.807) is 6.08 Å². The molecule has 0 aromatic heterocycles. The molecule has 1 aliphatic heterocycles. The average molecular weight is 609 g/mol. The molecule has 144 valence electrons. The van der Waals surface area contributed by atoms with Gasteiger partial charge in [-0.05, 0) is 85.8 Å². The summed E-state index contributed by atoms with van der Waals surface area (Å²) in [5, 5.41) is 2.02. The normalized spacial score (nSPS) is 14.8. The van der Waals surface area contributed by atoms with Crippen LogP contribution in [0.5, 0.6) is 5.75 Å². The lowest BCUT2D eigenvalue weighted by molar-refractivity contribution is -0.132. The molecule has 0 amide bonds. The van der Waals surface area contributed by atoms with Crippen molar-refractivity contribution >= 4 is 79.9 Å². The highest BCUT2D eigenvalue weighted by molar-refractivity contribution is 14.1. The van der Waals surface area contributed by atoms with Crippen molar-refractivity contribution in [3.8, 4) is 5.75 Å². The van der Waals surface area contributed by atoms with Crippen LogP contribution in [0, 0.1) is 7.14 Å². The second-order valence-corrected chi connectivity index (χ2v) is 8.59. The van der Waals surface area contributed by atoms with Crippen molar-refractivity contribution < 1.29 is 19.1 Å². The molecule has 5 nitrogen and oxygen atoms in total. The third-order valence-corrected chi connectivity index (χ3v) is 5.81. The largest absolute Gasteiger partial charge is 0.424 e. The highest BCUT2D eigenvalue weighted by atomic mass is 127. The lowest BCUT2D eigenvalue weighted by Crippen LogP contribution is -2.06. The summed E-state index contributed by atoms with van der Waals surface area (Å²) in [4.78, 5) is 28.1. The van der Waals surface area contributed by atoms with E-state index in [9.17, 15) is 9.59 Å². The highest BCUT2D eigenvalue weighted by Gasteiger charge is 2.25. The fourth-order valence-corrected chi connectivity index (χ4v) is 5.03. The number of benzene rings is 3. The number of hydrogen-bond donors (Lipinski definition) is 0. The van der Waals surface area contributed by atoms with E-state index in [2.05, 4.69) is 50.2 Å². The Kier molecular flexibility index (Phi) is 5.68. The lowest BCUT2D eigenvalue weighted by atomic mass is 10.0. The van der Waals surface area contributed by atoms with E-state index < -0.39 is 5.97 Å². The molecule has 1 heterocycles. The van der Waals surface area contributed by atoms with Gasteiger partial charge in [0.05, 0.1) is 7.14 Å². The molecule has 0 bridgehead atoms.